The summed E-state index contributed by atoms with van der Waals surface area (Å²) in [5.74, 6) is -0.988. The Morgan fingerprint density at radius 1 is 1.86 bits per heavy atom. The van der Waals surface area contributed by atoms with Crippen LogP contribution in [0.4, 0.5) is 0 Å². The number of aliphatic carboxylic acids is 1. The average Bonchev–Trinajstić information content (AvgIpc) is 2.47. The number of rotatable bonds is 4. The Morgan fingerprint density at radius 2 is 2.50 bits per heavy atom. The van der Waals surface area contributed by atoms with Crippen LogP contribution in [0.1, 0.15) is 5.69 Å². The second-order valence-corrected chi connectivity index (χ2v) is 3.76. The Labute approximate surface area is 86.3 Å². The number of nitrogens with two attached hydrogens (primary N) is 1. The van der Waals surface area contributed by atoms with Crippen molar-refractivity contribution in [2.45, 2.75) is 17.5 Å². The zero-order valence-electron chi connectivity index (χ0n) is 8.10. The molecule has 3 N–H and O–H groups in total. The molecule has 0 bridgehead atoms. The topological polar surface area (TPSA) is 81.1 Å². The van der Waals surface area contributed by atoms with Crippen molar-refractivity contribution in [3.63, 3.8) is 0 Å². The van der Waals surface area contributed by atoms with Gasteiger partial charge in [-0.1, -0.05) is 0 Å². The Kier molecular flexibility index (Phi) is 3.54. The maximum Gasteiger partial charge on any atom is 0.320 e. The fourth-order valence-electron chi connectivity index (χ4n) is 1.13. The standard InChI is InChI=1S/C8H13N3O2S/c1-11-4-10-7(14-2)6(11)3-5(9)8(12)13/h4-5H,3,9H2,1-2H3,(H,12,13). The number of carbonyl (C=O) groups is 1. The molecule has 1 atom stereocenters. The fraction of sp³-hybridized carbons (Fsp3) is 0.500. The van der Waals surface area contributed by atoms with E-state index in [0.717, 1.165) is 10.7 Å². The minimum absolute atomic E-state index is 0.308. The predicted octanol–water partition coefficient (Wildman–Crippen LogP) is 0.0964. The lowest BCUT2D eigenvalue weighted by Gasteiger charge is -2.08. The number of nitrogens with zero attached hydrogens (tertiary/aromatic N) is 2. The third kappa shape index (κ3) is 2.27. The van der Waals surface area contributed by atoms with Gasteiger partial charge in [0.2, 0.25) is 0 Å². The van der Waals surface area contributed by atoms with Crippen molar-refractivity contribution in [2.75, 3.05) is 6.26 Å². The maximum absolute atomic E-state index is 10.6. The van der Waals surface area contributed by atoms with E-state index in [1.54, 1.807) is 10.9 Å². The van der Waals surface area contributed by atoms with Crippen LogP contribution in [0.25, 0.3) is 0 Å². The number of imidazole rings is 1. The summed E-state index contributed by atoms with van der Waals surface area (Å²) in [6, 6.07) is -0.865. The zero-order chi connectivity index (χ0) is 10.7. The summed E-state index contributed by atoms with van der Waals surface area (Å²) in [6.45, 7) is 0. The third-order valence-corrected chi connectivity index (χ3v) is 2.67. The Hall–Kier alpha value is -1.01. The van der Waals surface area contributed by atoms with E-state index in [-0.39, 0.29) is 0 Å². The molecule has 1 unspecified atom stereocenters. The molecule has 0 radical (unpaired) electrons. The molecule has 1 rings (SSSR count). The van der Waals surface area contributed by atoms with Crippen LogP contribution < -0.4 is 5.73 Å². The SMILES string of the molecule is CSc1ncn(C)c1CC(N)C(=O)O. The van der Waals surface area contributed by atoms with Crippen molar-refractivity contribution in [3.05, 3.63) is 12.0 Å². The molecule has 0 aliphatic heterocycles. The second-order valence-electron chi connectivity index (χ2n) is 2.96. The molecule has 1 heterocycles. The van der Waals surface area contributed by atoms with Crippen molar-refractivity contribution < 1.29 is 9.90 Å². The lowest BCUT2D eigenvalue weighted by atomic mass is 10.2. The lowest BCUT2D eigenvalue weighted by molar-refractivity contribution is -0.138. The first-order chi connectivity index (χ1) is 6.56. The van der Waals surface area contributed by atoms with Gasteiger partial charge >= 0.3 is 5.97 Å². The summed E-state index contributed by atoms with van der Waals surface area (Å²) in [7, 11) is 1.83. The van der Waals surface area contributed by atoms with Gasteiger partial charge in [-0.05, 0) is 6.26 Å². The van der Waals surface area contributed by atoms with Gasteiger partial charge in [-0.15, -0.1) is 11.8 Å². The van der Waals surface area contributed by atoms with E-state index in [1.165, 1.54) is 11.8 Å². The van der Waals surface area contributed by atoms with Crippen molar-refractivity contribution in [1.82, 2.24) is 9.55 Å². The van der Waals surface area contributed by atoms with Gasteiger partial charge in [0.05, 0.1) is 12.0 Å². The van der Waals surface area contributed by atoms with Crippen molar-refractivity contribution in [1.29, 1.82) is 0 Å². The molecule has 0 fully saturated rings. The summed E-state index contributed by atoms with van der Waals surface area (Å²) >= 11 is 1.49. The van der Waals surface area contributed by atoms with Crippen LogP contribution in [-0.2, 0) is 18.3 Å². The van der Waals surface area contributed by atoms with Gasteiger partial charge in [0.1, 0.15) is 11.1 Å². The highest BCUT2D eigenvalue weighted by Gasteiger charge is 2.17. The Balaban J connectivity index is 2.84. The molecule has 14 heavy (non-hydrogen) atoms. The number of hydrogen-bond acceptors (Lipinski definition) is 4. The first-order valence-corrected chi connectivity index (χ1v) is 5.31. The van der Waals surface area contributed by atoms with Crippen LogP contribution in [0.15, 0.2) is 11.4 Å². The van der Waals surface area contributed by atoms with Crippen molar-refractivity contribution in [3.8, 4) is 0 Å². The van der Waals surface area contributed by atoms with Crippen molar-refractivity contribution in [2.24, 2.45) is 12.8 Å². The van der Waals surface area contributed by atoms with E-state index in [4.69, 9.17) is 10.8 Å². The van der Waals surface area contributed by atoms with Gasteiger partial charge in [0.15, 0.2) is 0 Å². The van der Waals surface area contributed by atoms with Crippen LogP contribution in [0.3, 0.4) is 0 Å². The Bertz CT molecular complexity index is 337. The smallest absolute Gasteiger partial charge is 0.320 e. The van der Waals surface area contributed by atoms with Gasteiger partial charge in [0.25, 0.3) is 0 Å². The highest BCUT2D eigenvalue weighted by molar-refractivity contribution is 7.98. The number of hydrogen-bond donors (Lipinski definition) is 2. The van der Waals surface area contributed by atoms with Crippen LogP contribution in [0, 0.1) is 0 Å². The molecule has 0 aliphatic rings. The van der Waals surface area contributed by atoms with Gasteiger partial charge in [-0.25, -0.2) is 4.98 Å². The van der Waals surface area contributed by atoms with Crippen LogP contribution >= 0.6 is 11.8 Å². The largest absolute Gasteiger partial charge is 0.480 e. The zero-order valence-corrected chi connectivity index (χ0v) is 8.91. The van der Waals surface area contributed by atoms with E-state index < -0.39 is 12.0 Å². The molecule has 6 heteroatoms. The molecular formula is C8H13N3O2S. The number of aromatic nitrogens is 2. The molecule has 1 aromatic rings. The molecule has 5 nitrogen and oxygen atoms in total. The summed E-state index contributed by atoms with van der Waals surface area (Å²) in [5.41, 5.74) is 6.32. The normalized spacial score (nSPS) is 12.8. The summed E-state index contributed by atoms with van der Waals surface area (Å²) in [6.07, 6.45) is 3.87. The van der Waals surface area contributed by atoms with E-state index in [9.17, 15) is 4.79 Å². The molecule has 1 aromatic heterocycles. The molecule has 0 aliphatic carbocycles. The molecular weight excluding hydrogens is 202 g/mol. The fourth-order valence-corrected chi connectivity index (χ4v) is 1.75. The highest BCUT2D eigenvalue weighted by atomic mass is 32.2. The van der Waals surface area contributed by atoms with Gasteiger partial charge in [0, 0.05) is 13.5 Å². The van der Waals surface area contributed by atoms with E-state index in [1.807, 2.05) is 13.3 Å². The molecule has 0 saturated heterocycles. The van der Waals surface area contributed by atoms with Gasteiger partial charge in [-0.2, -0.15) is 0 Å². The predicted molar refractivity (Wildman–Crippen MR) is 54.3 cm³/mol. The molecule has 0 aromatic carbocycles. The van der Waals surface area contributed by atoms with Crippen LogP contribution in [0.2, 0.25) is 0 Å². The van der Waals surface area contributed by atoms with Gasteiger partial charge in [-0.3, -0.25) is 4.79 Å². The molecule has 78 valence electrons. The quantitative estimate of drug-likeness (QED) is 0.696. The minimum Gasteiger partial charge on any atom is -0.480 e. The first kappa shape index (κ1) is 11.1. The molecule has 0 saturated carbocycles. The Morgan fingerprint density at radius 3 is 3.00 bits per heavy atom. The van der Waals surface area contributed by atoms with E-state index >= 15 is 0 Å². The number of thioether (sulfide) groups is 1. The average molecular weight is 215 g/mol. The van der Waals surface area contributed by atoms with Crippen molar-refractivity contribution >= 4 is 17.7 Å². The maximum atomic E-state index is 10.6. The highest BCUT2D eigenvalue weighted by Crippen LogP contribution is 2.18. The lowest BCUT2D eigenvalue weighted by Crippen LogP contribution is -2.33. The van der Waals surface area contributed by atoms with Crippen LogP contribution in [0.5, 0.6) is 0 Å². The number of aryl methyl sites for hydroxylation is 1. The van der Waals surface area contributed by atoms with Crippen LogP contribution in [-0.4, -0.2) is 32.9 Å². The second kappa shape index (κ2) is 4.47. The molecule has 0 spiro atoms. The summed E-state index contributed by atoms with van der Waals surface area (Å²) in [4.78, 5) is 14.7. The number of carboxylic acids is 1. The summed E-state index contributed by atoms with van der Waals surface area (Å²) < 4.78 is 1.80. The van der Waals surface area contributed by atoms with E-state index in [2.05, 4.69) is 4.98 Å². The third-order valence-electron chi connectivity index (χ3n) is 1.94. The van der Waals surface area contributed by atoms with Gasteiger partial charge < -0.3 is 15.4 Å². The van der Waals surface area contributed by atoms with E-state index in [0.29, 0.717) is 6.42 Å². The number of carboxylic acid groups (broad SMARTS) is 1. The monoisotopic (exact) mass is 215 g/mol. The minimum atomic E-state index is -0.988. The summed E-state index contributed by atoms with van der Waals surface area (Å²) in [5, 5.41) is 9.51. The molecule has 0 amide bonds. The first-order valence-electron chi connectivity index (χ1n) is 4.08.